The largest absolute Gasteiger partial charge is 0.486 e. The molecule has 1 aliphatic carbocycles. The lowest BCUT2D eigenvalue weighted by Crippen LogP contribution is -2.34. The van der Waals surface area contributed by atoms with E-state index in [1.54, 1.807) is 0 Å². The molecule has 5 nitrogen and oxygen atoms in total. The number of rotatable bonds is 6. The van der Waals surface area contributed by atoms with Gasteiger partial charge in [0.15, 0.2) is 23.4 Å². The lowest BCUT2D eigenvalue weighted by molar-refractivity contribution is 0.0777. The first-order valence-electron chi connectivity index (χ1n) is 10.3. The zero-order valence-corrected chi connectivity index (χ0v) is 17.1. The topological polar surface area (TPSA) is 43.7 Å². The summed E-state index contributed by atoms with van der Waals surface area (Å²) in [6, 6.07) is 10.3. The van der Waals surface area contributed by atoms with E-state index in [1.165, 1.54) is 25.7 Å². The van der Waals surface area contributed by atoms with Gasteiger partial charge in [-0.1, -0.05) is 25.0 Å². The van der Waals surface area contributed by atoms with Gasteiger partial charge in [0.05, 0.1) is 13.1 Å². The van der Waals surface area contributed by atoms with Crippen molar-refractivity contribution in [2.75, 3.05) is 20.2 Å². The van der Waals surface area contributed by atoms with Crippen molar-refractivity contribution in [3.63, 3.8) is 0 Å². The number of nitrogens with zero attached hydrogens (tertiary/aromatic N) is 2. The molecule has 1 unspecified atom stereocenters. The van der Waals surface area contributed by atoms with E-state index in [9.17, 15) is 4.79 Å². The lowest BCUT2D eigenvalue weighted by atomic mass is 10.1. The number of para-hydroxylation sites is 2. The van der Waals surface area contributed by atoms with Crippen LogP contribution >= 0.6 is 0 Å². The second-order valence-electron chi connectivity index (χ2n) is 8.17. The number of hydrogen-bond donors (Lipinski definition) is 0. The Bertz CT molecular complexity index is 852. The molecule has 0 N–H and O–H groups in total. The first kappa shape index (κ1) is 19.1. The number of hydrogen-bond acceptors (Lipinski definition) is 4. The van der Waals surface area contributed by atoms with Crippen molar-refractivity contribution in [1.29, 1.82) is 0 Å². The molecule has 150 valence electrons. The predicted octanol–water partition coefficient (Wildman–Crippen LogP) is 4.00. The second kappa shape index (κ2) is 8.00. The monoisotopic (exact) mass is 382 g/mol. The van der Waals surface area contributed by atoms with E-state index in [1.807, 2.05) is 37.3 Å². The summed E-state index contributed by atoms with van der Waals surface area (Å²) in [4.78, 5) is 15.2. The molecule has 1 aromatic carbocycles. The van der Waals surface area contributed by atoms with Gasteiger partial charge in [0.25, 0.3) is 0 Å². The van der Waals surface area contributed by atoms with Crippen molar-refractivity contribution in [2.45, 2.75) is 58.2 Å². The quantitative estimate of drug-likeness (QED) is 0.709. The SMILES string of the molecule is Cc1cc(C(=O)CN(C)C2CCCC2)c(C)n1CC1COc2ccccc2O1. The molecule has 28 heavy (non-hydrogen) atoms. The summed E-state index contributed by atoms with van der Waals surface area (Å²) in [5.74, 6) is 1.79. The summed E-state index contributed by atoms with van der Waals surface area (Å²) in [5.41, 5.74) is 2.94. The molecule has 2 aliphatic rings. The number of ketones is 1. The average molecular weight is 383 g/mol. The number of carbonyl (C=O) groups excluding carboxylic acids is 1. The average Bonchev–Trinajstić information content (AvgIpc) is 3.32. The van der Waals surface area contributed by atoms with Crippen LogP contribution in [0.1, 0.15) is 47.4 Å². The molecule has 1 aromatic heterocycles. The van der Waals surface area contributed by atoms with Crippen molar-refractivity contribution >= 4 is 5.78 Å². The number of aryl methyl sites for hydroxylation is 1. The molecule has 0 saturated heterocycles. The molecule has 2 aromatic rings. The summed E-state index contributed by atoms with van der Waals surface area (Å²) in [5, 5.41) is 0. The molecular formula is C23H30N2O3. The zero-order chi connectivity index (χ0) is 19.7. The highest BCUT2D eigenvalue weighted by Crippen LogP contribution is 2.31. The highest BCUT2D eigenvalue weighted by atomic mass is 16.6. The third kappa shape index (κ3) is 3.81. The molecule has 0 radical (unpaired) electrons. The minimum atomic E-state index is -0.0659. The predicted molar refractivity (Wildman–Crippen MR) is 109 cm³/mol. The van der Waals surface area contributed by atoms with E-state index in [-0.39, 0.29) is 11.9 Å². The summed E-state index contributed by atoms with van der Waals surface area (Å²) in [6.07, 6.45) is 4.92. The first-order valence-corrected chi connectivity index (χ1v) is 10.3. The molecule has 1 fully saturated rings. The van der Waals surface area contributed by atoms with Gasteiger partial charge >= 0.3 is 0 Å². The van der Waals surface area contributed by atoms with Crippen LogP contribution < -0.4 is 9.47 Å². The molecule has 1 saturated carbocycles. The van der Waals surface area contributed by atoms with Gasteiger partial charge in [0.2, 0.25) is 0 Å². The Labute approximate surface area is 167 Å². The van der Waals surface area contributed by atoms with Gasteiger partial charge < -0.3 is 14.0 Å². The molecule has 2 heterocycles. The zero-order valence-electron chi connectivity index (χ0n) is 17.1. The summed E-state index contributed by atoms with van der Waals surface area (Å²) < 4.78 is 14.1. The smallest absolute Gasteiger partial charge is 0.178 e. The van der Waals surface area contributed by atoms with E-state index in [4.69, 9.17) is 9.47 Å². The van der Waals surface area contributed by atoms with E-state index in [2.05, 4.69) is 23.4 Å². The Hall–Kier alpha value is -2.27. The number of ether oxygens (including phenoxy) is 2. The van der Waals surface area contributed by atoms with Crippen LogP contribution in [0.4, 0.5) is 0 Å². The summed E-state index contributed by atoms with van der Waals surface area (Å²) in [7, 11) is 2.08. The van der Waals surface area contributed by atoms with Gasteiger partial charge in [-0.15, -0.1) is 0 Å². The first-order chi connectivity index (χ1) is 13.5. The standard InChI is InChI=1S/C23H30N2O3/c1-16-12-20(21(26)14-24(3)18-8-4-5-9-18)17(2)25(16)13-19-15-27-22-10-6-7-11-23(22)28-19/h6-7,10-12,18-19H,4-5,8-9,13-15H2,1-3H3. The molecule has 5 heteroatoms. The Balaban J connectivity index is 1.44. The van der Waals surface area contributed by atoms with E-state index < -0.39 is 0 Å². The van der Waals surface area contributed by atoms with Crippen LogP contribution in [0.5, 0.6) is 11.5 Å². The minimum absolute atomic E-state index is 0.0659. The van der Waals surface area contributed by atoms with Crippen LogP contribution in [0, 0.1) is 13.8 Å². The summed E-state index contributed by atoms with van der Waals surface area (Å²) >= 11 is 0. The highest BCUT2D eigenvalue weighted by Gasteiger charge is 2.26. The Morgan fingerprint density at radius 3 is 2.64 bits per heavy atom. The van der Waals surface area contributed by atoms with Crippen LogP contribution in [0.3, 0.4) is 0 Å². The molecule has 0 amide bonds. The van der Waals surface area contributed by atoms with Gasteiger partial charge in [0, 0.05) is 23.0 Å². The van der Waals surface area contributed by atoms with Crippen LogP contribution in [-0.2, 0) is 6.54 Å². The number of Topliss-reactive ketones (excluding diaryl/α,β-unsaturated/α-hetero) is 1. The summed E-state index contributed by atoms with van der Waals surface area (Å²) in [6.45, 7) is 5.78. The molecule has 1 aliphatic heterocycles. The normalized spacial score (nSPS) is 19.4. The maximum Gasteiger partial charge on any atom is 0.178 e. The fraction of sp³-hybridized carbons (Fsp3) is 0.522. The van der Waals surface area contributed by atoms with Crippen molar-refractivity contribution in [3.8, 4) is 11.5 Å². The number of aromatic nitrogens is 1. The van der Waals surface area contributed by atoms with Gasteiger partial charge in [-0.2, -0.15) is 0 Å². The third-order valence-electron chi connectivity index (χ3n) is 6.17. The third-order valence-corrected chi connectivity index (χ3v) is 6.17. The Kier molecular flexibility index (Phi) is 5.44. The minimum Gasteiger partial charge on any atom is -0.486 e. The number of fused-ring (bicyclic) bond motifs is 1. The molecule has 1 atom stereocenters. The highest BCUT2D eigenvalue weighted by molar-refractivity contribution is 5.99. The number of benzene rings is 1. The molecule has 0 bridgehead atoms. The Morgan fingerprint density at radius 2 is 1.89 bits per heavy atom. The van der Waals surface area contributed by atoms with Gasteiger partial charge in [-0.25, -0.2) is 0 Å². The maximum atomic E-state index is 12.9. The van der Waals surface area contributed by atoms with Crippen molar-refractivity contribution in [2.24, 2.45) is 0 Å². The van der Waals surface area contributed by atoms with Crippen molar-refractivity contribution in [1.82, 2.24) is 9.47 Å². The van der Waals surface area contributed by atoms with Crippen LogP contribution in [0.15, 0.2) is 30.3 Å². The lowest BCUT2D eigenvalue weighted by Gasteiger charge is -2.27. The fourth-order valence-electron chi connectivity index (χ4n) is 4.51. The van der Waals surface area contributed by atoms with E-state index in [0.29, 0.717) is 25.7 Å². The van der Waals surface area contributed by atoms with E-state index in [0.717, 1.165) is 28.5 Å². The van der Waals surface area contributed by atoms with Crippen molar-refractivity contribution < 1.29 is 14.3 Å². The molecular weight excluding hydrogens is 352 g/mol. The molecule has 4 rings (SSSR count). The Morgan fingerprint density at radius 1 is 1.18 bits per heavy atom. The van der Waals surface area contributed by atoms with Crippen molar-refractivity contribution in [3.05, 3.63) is 47.3 Å². The van der Waals surface area contributed by atoms with Crippen LogP contribution in [0.2, 0.25) is 0 Å². The number of carbonyl (C=O) groups is 1. The molecule has 0 spiro atoms. The van der Waals surface area contributed by atoms with Gasteiger partial charge in [0.1, 0.15) is 6.61 Å². The number of likely N-dealkylation sites (N-methyl/N-ethyl adjacent to an activating group) is 1. The van der Waals surface area contributed by atoms with Crippen LogP contribution in [0.25, 0.3) is 0 Å². The fourth-order valence-corrected chi connectivity index (χ4v) is 4.51. The van der Waals surface area contributed by atoms with Gasteiger partial charge in [-0.05, 0) is 51.9 Å². The van der Waals surface area contributed by atoms with Crippen LogP contribution in [-0.4, -0.2) is 47.6 Å². The van der Waals surface area contributed by atoms with E-state index >= 15 is 0 Å². The maximum absolute atomic E-state index is 12.9. The van der Waals surface area contributed by atoms with Gasteiger partial charge in [-0.3, -0.25) is 9.69 Å². The second-order valence-corrected chi connectivity index (χ2v) is 8.17.